The minimum atomic E-state index is -0.162. The maximum absolute atomic E-state index is 11.1. The first-order valence-electron chi connectivity index (χ1n) is 3.72. The van der Waals surface area contributed by atoms with Gasteiger partial charge in [0.25, 0.3) is 5.56 Å². The number of pyridine rings is 1. The van der Waals surface area contributed by atoms with Crippen molar-refractivity contribution < 1.29 is 4.79 Å². The highest BCUT2D eigenvalue weighted by Crippen LogP contribution is 2.07. The normalized spacial score (nSPS) is 10.5. The van der Waals surface area contributed by atoms with Gasteiger partial charge in [0.1, 0.15) is 6.29 Å². The van der Waals surface area contributed by atoms with Gasteiger partial charge in [0.2, 0.25) is 0 Å². The zero-order valence-electron chi connectivity index (χ0n) is 6.79. The summed E-state index contributed by atoms with van der Waals surface area (Å²) in [6.07, 6.45) is 5.94. The molecule has 13 heavy (non-hydrogen) atoms. The van der Waals surface area contributed by atoms with Gasteiger partial charge in [-0.05, 0) is 22.0 Å². The van der Waals surface area contributed by atoms with Crippen molar-refractivity contribution in [1.82, 2.24) is 4.98 Å². The second-order valence-corrected chi connectivity index (χ2v) is 3.32. The maximum Gasteiger partial charge on any atom is 0.255 e. The van der Waals surface area contributed by atoms with Crippen molar-refractivity contribution in [2.45, 2.75) is 6.42 Å². The molecule has 0 radical (unpaired) electrons. The molecular weight excluding hydrogens is 234 g/mol. The Kier molecular flexibility index (Phi) is 3.64. The molecular formula is C9H8BrNO2. The third-order valence-electron chi connectivity index (χ3n) is 1.43. The van der Waals surface area contributed by atoms with Crippen molar-refractivity contribution in [3.05, 3.63) is 38.7 Å². The quantitative estimate of drug-likeness (QED) is 0.820. The second kappa shape index (κ2) is 4.77. The van der Waals surface area contributed by atoms with E-state index in [1.807, 2.05) is 0 Å². The lowest BCUT2D eigenvalue weighted by atomic mass is 10.2. The summed E-state index contributed by atoms with van der Waals surface area (Å²) in [5.41, 5.74) is 0.376. The number of H-pyrrole nitrogens is 1. The Labute approximate surface area is 83.6 Å². The summed E-state index contributed by atoms with van der Waals surface area (Å²) in [6.45, 7) is 0. The highest BCUT2D eigenvalue weighted by molar-refractivity contribution is 9.10. The summed E-state index contributed by atoms with van der Waals surface area (Å²) in [6, 6.07) is 1.69. The molecule has 0 amide bonds. The van der Waals surface area contributed by atoms with Gasteiger partial charge in [-0.2, -0.15) is 0 Å². The van der Waals surface area contributed by atoms with Crippen molar-refractivity contribution in [1.29, 1.82) is 0 Å². The highest BCUT2D eigenvalue weighted by Gasteiger charge is 1.94. The molecule has 1 aromatic rings. The van der Waals surface area contributed by atoms with Crippen molar-refractivity contribution in [2.24, 2.45) is 0 Å². The molecule has 0 saturated heterocycles. The van der Waals surface area contributed by atoms with Crippen LogP contribution in [-0.4, -0.2) is 11.3 Å². The fraction of sp³-hybridized carbons (Fsp3) is 0.111. The van der Waals surface area contributed by atoms with Gasteiger partial charge in [-0.3, -0.25) is 4.79 Å². The van der Waals surface area contributed by atoms with Crippen LogP contribution in [-0.2, 0) is 4.79 Å². The Hall–Kier alpha value is -1.16. The van der Waals surface area contributed by atoms with Crippen LogP contribution in [0.25, 0.3) is 6.08 Å². The minimum Gasteiger partial charge on any atom is -0.327 e. The van der Waals surface area contributed by atoms with Crippen molar-refractivity contribution in [3.8, 4) is 0 Å². The van der Waals surface area contributed by atoms with Crippen LogP contribution in [0.5, 0.6) is 0 Å². The molecule has 1 rings (SSSR count). The van der Waals surface area contributed by atoms with Crippen molar-refractivity contribution >= 4 is 28.3 Å². The van der Waals surface area contributed by atoms with Gasteiger partial charge in [0, 0.05) is 22.7 Å². The Balaban J connectivity index is 2.93. The van der Waals surface area contributed by atoms with E-state index < -0.39 is 0 Å². The van der Waals surface area contributed by atoms with Crippen molar-refractivity contribution in [2.75, 3.05) is 0 Å². The average Bonchev–Trinajstić information content (AvgIpc) is 2.11. The minimum absolute atomic E-state index is 0.162. The summed E-state index contributed by atoms with van der Waals surface area (Å²) in [5.74, 6) is 0. The summed E-state index contributed by atoms with van der Waals surface area (Å²) in [7, 11) is 0. The fourth-order valence-corrected chi connectivity index (χ4v) is 1.21. The number of aromatic nitrogens is 1. The number of aromatic amines is 1. The first-order valence-corrected chi connectivity index (χ1v) is 4.52. The molecule has 3 nitrogen and oxygen atoms in total. The lowest BCUT2D eigenvalue weighted by molar-refractivity contribution is -0.107. The molecule has 0 fully saturated rings. The van der Waals surface area contributed by atoms with E-state index >= 15 is 0 Å². The molecule has 1 heterocycles. The number of aldehydes is 1. The molecule has 0 atom stereocenters. The monoisotopic (exact) mass is 241 g/mol. The molecule has 0 saturated carbocycles. The van der Waals surface area contributed by atoms with E-state index in [-0.39, 0.29) is 5.56 Å². The Morgan fingerprint density at radius 3 is 3.00 bits per heavy atom. The van der Waals surface area contributed by atoms with Crippen LogP contribution in [0.3, 0.4) is 0 Å². The van der Waals surface area contributed by atoms with Gasteiger partial charge in [-0.15, -0.1) is 0 Å². The number of halogens is 1. The van der Waals surface area contributed by atoms with Crippen molar-refractivity contribution in [3.63, 3.8) is 0 Å². The first-order chi connectivity index (χ1) is 6.24. The summed E-state index contributed by atoms with van der Waals surface area (Å²) in [5, 5.41) is 0. The predicted molar refractivity (Wildman–Crippen MR) is 54.5 cm³/mol. The van der Waals surface area contributed by atoms with E-state index in [0.29, 0.717) is 12.0 Å². The van der Waals surface area contributed by atoms with Gasteiger partial charge in [0.15, 0.2) is 0 Å². The number of carbonyl (C=O) groups excluding carboxylic acids is 1. The number of rotatable bonds is 3. The van der Waals surface area contributed by atoms with Crippen LogP contribution in [0.4, 0.5) is 0 Å². The molecule has 0 unspecified atom stereocenters. The number of nitrogens with one attached hydrogen (secondary N) is 1. The zero-order valence-corrected chi connectivity index (χ0v) is 8.37. The number of carbonyl (C=O) groups is 1. The lowest BCUT2D eigenvalue weighted by Crippen LogP contribution is -2.07. The van der Waals surface area contributed by atoms with Gasteiger partial charge >= 0.3 is 0 Å². The maximum atomic E-state index is 11.1. The molecule has 0 aliphatic carbocycles. The number of hydrogen-bond acceptors (Lipinski definition) is 2. The molecule has 1 aromatic heterocycles. The largest absolute Gasteiger partial charge is 0.327 e. The first kappa shape index (κ1) is 9.92. The second-order valence-electron chi connectivity index (χ2n) is 2.41. The number of hydrogen-bond donors (Lipinski definition) is 1. The van der Waals surface area contributed by atoms with E-state index in [0.717, 1.165) is 10.8 Å². The predicted octanol–water partition coefficient (Wildman–Crippen LogP) is 1.74. The average molecular weight is 242 g/mol. The molecule has 4 heteroatoms. The Morgan fingerprint density at radius 1 is 1.54 bits per heavy atom. The smallest absolute Gasteiger partial charge is 0.255 e. The van der Waals surface area contributed by atoms with E-state index in [1.165, 1.54) is 0 Å². The standard InChI is InChI=1S/C9H8BrNO2/c10-8-5-7(3-1-2-4-12)9(13)11-6-8/h1,3-6H,2H2,(H,11,13). The highest BCUT2D eigenvalue weighted by atomic mass is 79.9. The zero-order chi connectivity index (χ0) is 9.68. The van der Waals surface area contributed by atoms with Crippen LogP contribution >= 0.6 is 15.9 Å². The van der Waals surface area contributed by atoms with Crippen LogP contribution in [0.2, 0.25) is 0 Å². The lowest BCUT2D eigenvalue weighted by Gasteiger charge is -1.92. The van der Waals surface area contributed by atoms with Gasteiger partial charge < -0.3 is 9.78 Å². The van der Waals surface area contributed by atoms with Gasteiger partial charge in [-0.1, -0.05) is 12.2 Å². The van der Waals surface area contributed by atoms with Gasteiger partial charge in [-0.25, -0.2) is 0 Å². The topological polar surface area (TPSA) is 49.9 Å². The van der Waals surface area contributed by atoms with Crippen LogP contribution in [0.1, 0.15) is 12.0 Å². The molecule has 0 aliphatic rings. The summed E-state index contributed by atoms with van der Waals surface area (Å²) in [4.78, 5) is 23.7. The molecule has 0 aliphatic heterocycles. The number of allylic oxidation sites excluding steroid dienone is 1. The fourth-order valence-electron chi connectivity index (χ4n) is 0.848. The molecule has 0 spiro atoms. The van der Waals surface area contributed by atoms with E-state index in [2.05, 4.69) is 20.9 Å². The SMILES string of the molecule is O=CCC=Cc1cc(Br)c[nH]c1=O. The van der Waals surface area contributed by atoms with E-state index in [1.54, 1.807) is 24.4 Å². The Morgan fingerprint density at radius 2 is 2.31 bits per heavy atom. The third-order valence-corrected chi connectivity index (χ3v) is 1.88. The summed E-state index contributed by atoms with van der Waals surface area (Å²) >= 11 is 3.23. The van der Waals surface area contributed by atoms with Crippen LogP contribution in [0, 0.1) is 0 Å². The Bertz CT molecular complexity index is 381. The molecule has 1 N–H and O–H groups in total. The van der Waals surface area contributed by atoms with E-state index in [4.69, 9.17) is 0 Å². The van der Waals surface area contributed by atoms with Gasteiger partial charge in [0.05, 0.1) is 0 Å². The third kappa shape index (κ3) is 2.99. The van der Waals surface area contributed by atoms with E-state index in [9.17, 15) is 9.59 Å². The molecule has 68 valence electrons. The molecule has 0 bridgehead atoms. The molecule has 0 aromatic carbocycles. The van der Waals surface area contributed by atoms with Crippen LogP contribution in [0.15, 0.2) is 27.6 Å². The summed E-state index contributed by atoms with van der Waals surface area (Å²) < 4.78 is 0.804. The van der Waals surface area contributed by atoms with Crippen LogP contribution < -0.4 is 5.56 Å².